The number of benzene rings is 1. The van der Waals surface area contributed by atoms with E-state index in [9.17, 15) is 13.2 Å². The first-order valence-corrected chi connectivity index (χ1v) is 8.05. The number of carbonyl (C=O) groups is 1. The summed E-state index contributed by atoms with van der Waals surface area (Å²) in [6.07, 6.45) is 0. The van der Waals surface area contributed by atoms with Crippen LogP contribution in [0.15, 0.2) is 23.1 Å². The Hall–Kier alpha value is -1.60. The first-order valence-electron chi connectivity index (χ1n) is 6.56. The number of nitrogens with two attached hydrogens (primary N) is 1. The first-order chi connectivity index (χ1) is 9.41. The van der Waals surface area contributed by atoms with Crippen molar-refractivity contribution in [3.63, 3.8) is 0 Å². The highest BCUT2D eigenvalue weighted by Gasteiger charge is 2.66. The zero-order valence-corrected chi connectivity index (χ0v) is 13.3. The molecular formula is C14H20N2O4S. The molecule has 0 bridgehead atoms. The van der Waals surface area contributed by atoms with Crippen LogP contribution in [0, 0.1) is 10.8 Å². The second-order valence-corrected chi connectivity index (χ2v) is 8.24. The average Bonchev–Trinajstić information content (AvgIpc) is 2.70. The van der Waals surface area contributed by atoms with Gasteiger partial charge in [-0.2, -0.15) is 0 Å². The van der Waals surface area contributed by atoms with Gasteiger partial charge in [-0.15, -0.1) is 0 Å². The predicted molar refractivity (Wildman–Crippen MR) is 79.5 cm³/mol. The SMILES string of the molecule is CC1(C)C(NS(=O)(=O)c2ccc(C(=O)O)cc2N)C1(C)C. The van der Waals surface area contributed by atoms with Gasteiger partial charge in [0, 0.05) is 6.04 Å². The Bertz CT molecular complexity index is 694. The molecule has 0 amide bonds. The van der Waals surface area contributed by atoms with Crippen molar-refractivity contribution in [2.24, 2.45) is 10.8 Å². The summed E-state index contributed by atoms with van der Waals surface area (Å²) < 4.78 is 27.5. The number of carboxylic acid groups (broad SMARTS) is 1. The number of carboxylic acids is 1. The lowest BCUT2D eigenvalue weighted by Crippen LogP contribution is -2.30. The molecule has 0 radical (unpaired) electrons. The molecule has 0 spiro atoms. The Morgan fingerprint density at radius 2 is 1.76 bits per heavy atom. The highest BCUT2D eigenvalue weighted by Crippen LogP contribution is 2.63. The lowest BCUT2D eigenvalue weighted by molar-refractivity contribution is 0.0697. The second kappa shape index (κ2) is 4.45. The fourth-order valence-electron chi connectivity index (χ4n) is 2.64. The van der Waals surface area contributed by atoms with Gasteiger partial charge in [0.25, 0.3) is 0 Å². The number of anilines is 1. The molecule has 21 heavy (non-hydrogen) atoms. The fourth-order valence-corrected chi connectivity index (χ4v) is 4.28. The molecule has 0 heterocycles. The maximum Gasteiger partial charge on any atom is 0.335 e. The van der Waals surface area contributed by atoms with Crippen molar-refractivity contribution < 1.29 is 18.3 Å². The molecule has 6 nitrogen and oxygen atoms in total. The Labute approximate surface area is 124 Å². The van der Waals surface area contributed by atoms with E-state index in [-0.39, 0.29) is 33.0 Å². The van der Waals surface area contributed by atoms with Gasteiger partial charge in [0.15, 0.2) is 0 Å². The molecule has 1 aliphatic carbocycles. The van der Waals surface area contributed by atoms with Crippen LogP contribution in [0.1, 0.15) is 38.1 Å². The largest absolute Gasteiger partial charge is 0.478 e. The molecule has 1 fully saturated rings. The van der Waals surface area contributed by atoms with E-state index in [1.54, 1.807) is 0 Å². The topological polar surface area (TPSA) is 109 Å². The van der Waals surface area contributed by atoms with E-state index in [4.69, 9.17) is 10.8 Å². The molecule has 4 N–H and O–H groups in total. The standard InChI is InChI=1S/C14H20N2O4S/c1-13(2)12(14(13,3)4)16-21(19,20)10-6-5-8(11(17)18)7-9(10)15/h5-7,12,16H,15H2,1-4H3,(H,17,18). The molecule has 0 saturated heterocycles. The van der Waals surface area contributed by atoms with E-state index in [1.165, 1.54) is 12.1 Å². The number of sulfonamides is 1. The summed E-state index contributed by atoms with van der Waals surface area (Å²) in [6.45, 7) is 7.99. The number of nitrogens with one attached hydrogen (secondary N) is 1. The fraction of sp³-hybridized carbons (Fsp3) is 0.500. The van der Waals surface area contributed by atoms with Crippen LogP contribution in [0.25, 0.3) is 0 Å². The van der Waals surface area contributed by atoms with Crippen molar-refractivity contribution in [3.05, 3.63) is 23.8 Å². The van der Waals surface area contributed by atoms with Crippen LogP contribution in [0.5, 0.6) is 0 Å². The van der Waals surface area contributed by atoms with Gasteiger partial charge in [0.1, 0.15) is 4.90 Å². The van der Waals surface area contributed by atoms with E-state index >= 15 is 0 Å². The third-order valence-electron chi connectivity index (χ3n) is 4.84. The van der Waals surface area contributed by atoms with E-state index in [1.807, 2.05) is 27.7 Å². The minimum atomic E-state index is -3.78. The van der Waals surface area contributed by atoms with Gasteiger partial charge < -0.3 is 10.8 Å². The quantitative estimate of drug-likeness (QED) is 0.733. The zero-order valence-electron chi connectivity index (χ0n) is 12.5. The van der Waals surface area contributed by atoms with Gasteiger partial charge in [-0.25, -0.2) is 17.9 Å². The molecule has 0 atom stereocenters. The van der Waals surface area contributed by atoms with Crippen LogP contribution in [0.4, 0.5) is 5.69 Å². The summed E-state index contributed by atoms with van der Waals surface area (Å²) in [6, 6.07) is 3.42. The molecule has 1 aliphatic rings. The summed E-state index contributed by atoms with van der Waals surface area (Å²) in [4.78, 5) is 10.8. The molecular weight excluding hydrogens is 292 g/mol. The van der Waals surface area contributed by atoms with Crippen molar-refractivity contribution in [2.75, 3.05) is 5.73 Å². The summed E-state index contributed by atoms with van der Waals surface area (Å²) in [7, 11) is -3.78. The third-order valence-corrected chi connectivity index (χ3v) is 6.34. The van der Waals surface area contributed by atoms with Gasteiger partial charge in [0.2, 0.25) is 10.0 Å². The van der Waals surface area contributed by atoms with Gasteiger partial charge in [0.05, 0.1) is 11.3 Å². The minimum absolute atomic E-state index is 0.0430. The van der Waals surface area contributed by atoms with E-state index in [0.29, 0.717) is 0 Å². The van der Waals surface area contributed by atoms with Crippen LogP contribution in [0.3, 0.4) is 0 Å². The number of hydrogen-bond donors (Lipinski definition) is 3. The molecule has 1 aromatic carbocycles. The Morgan fingerprint density at radius 3 is 2.14 bits per heavy atom. The lowest BCUT2D eigenvalue weighted by Gasteiger charge is -2.11. The van der Waals surface area contributed by atoms with Crippen molar-refractivity contribution in [1.82, 2.24) is 4.72 Å². The van der Waals surface area contributed by atoms with Gasteiger partial charge >= 0.3 is 5.97 Å². The number of hydrogen-bond acceptors (Lipinski definition) is 4. The highest BCUT2D eigenvalue weighted by molar-refractivity contribution is 7.89. The summed E-state index contributed by atoms with van der Waals surface area (Å²) >= 11 is 0. The zero-order chi connectivity index (χ0) is 16.2. The van der Waals surface area contributed by atoms with Gasteiger partial charge in [-0.05, 0) is 29.0 Å². The molecule has 0 unspecified atom stereocenters. The Balaban J connectivity index is 2.32. The van der Waals surface area contributed by atoms with Gasteiger partial charge in [-0.3, -0.25) is 0 Å². The predicted octanol–water partition coefficient (Wildman–Crippen LogP) is 1.68. The van der Waals surface area contributed by atoms with Crippen LogP contribution in [-0.4, -0.2) is 25.5 Å². The smallest absolute Gasteiger partial charge is 0.335 e. The van der Waals surface area contributed by atoms with Crippen molar-refractivity contribution in [1.29, 1.82) is 0 Å². The normalized spacial score (nSPS) is 20.2. The van der Waals surface area contributed by atoms with E-state index in [0.717, 1.165) is 6.07 Å². The molecule has 1 aromatic rings. The van der Waals surface area contributed by atoms with Crippen molar-refractivity contribution in [3.8, 4) is 0 Å². The van der Waals surface area contributed by atoms with Crippen LogP contribution in [-0.2, 0) is 10.0 Å². The first kappa shape index (κ1) is 15.8. The van der Waals surface area contributed by atoms with E-state index < -0.39 is 16.0 Å². The molecule has 0 aliphatic heterocycles. The van der Waals surface area contributed by atoms with Crippen molar-refractivity contribution in [2.45, 2.75) is 38.6 Å². The summed E-state index contributed by atoms with van der Waals surface area (Å²) in [5.74, 6) is -1.15. The monoisotopic (exact) mass is 312 g/mol. The average molecular weight is 312 g/mol. The van der Waals surface area contributed by atoms with Crippen LogP contribution >= 0.6 is 0 Å². The minimum Gasteiger partial charge on any atom is -0.478 e. The lowest BCUT2D eigenvalue weighted by atomic mass is 10.0. The number of nitrogen functional groups attached to an aromatic ring is 1. The van der Waals surface area contributed by atoms with Crippen LogP contribution in [0.2, 0.25) is 0 Å². The second-order valence-electron chi connectivity index (χ2n) is 6.56. The summed E-state index contributed by atoms with van der Waals surface area (Å²) in [5, 5.41) is 8.87. The maximum atomic E-state index is 12.4. The number of aromatic carboxylic acids is 1. The number of rotatable bonds is 4. The van der Waals surface area contributed by atoms with E-state index in [2.05, 4.69) is 4.72 Å². The molecule has 116 valence electrons. The molecule has 0 aromatic heterocycles. The summed E-state index contributed by atoms with van der Waals surface area (Å²) in [5.41, 5.74) is 5.29. The highest BCUT2D eigenvalue weighted by atomic mass is 32.2. The molecule has 7 heteroatoms. The van der Waals surface area contributed by atoms with Crippen molar-refractivity contribution >= 4 is 21.7 Å². The third kappa shape index (κ3) is 2.40. The van der Waals surface area contributed by atoms with Crippen LogP contribution < -0.4 is 10.5 Å². The molecule has 1 saturated carbocycles. The Morgan fingerprint density at radius 1 is 1.24 bits per heavy atom. The van der Waals surface area contributed by atoms with Gasteiger partial charge in [-0.1, -0.05) is 27.7 Å². The maximum absolute atomic E-state index is 12.4. The molecule has 2 rings (SSSR count). The Kier molecular flexibility index (Phi) is 3.34.